The fourth-order valence-corrected chi connectivity index (χ4v) is 3.90. The van der Waals surface area contributed by atoms with Gasteiger partial charge in [-0.1, -0.05) is 0 Å². The second-order valence-electron chi connectivity index (χ2n) is 4.59. The van der Waals surface area contributed by atoms with Gasteiger partial charge in [-0.2, -0.15) is 0 Å². The molecule has 0 radical (unpaired) electrons. The maximum atomic E-state index is 5.85. The van der Waals surface area contributed by atoms with Crippen molar-refractivity contribution in [1.82, 2.24) is 0 Å². The number of ether oxygens (including phenoxy) is 2. The molecular formula is C13H17ClO2Se. The average molecular weight is 320 g/mol. The van der Waals surface area contributed by atoms with Crippen LogP contribution in [-0.2, 0) is 14.8 Å². The van der Waals surface area contributed by atoms with Gasteiger partial charge in [-0.05, 0) is 0 Å². The minimum atomic E-state index is -0.388. The predicted molar refractivity (Wildman–Crippen MR) is 70.6 cm³/mol. The third kappa shape index (κ3) is 4.27. The van der Waals surface area contributed by atoms with Crippen molar-refractivity contribution in [3.63, 3.8) is 0 Å². The Labute approximate surface area is 114 Å². The van der Waals surface area contributed by atoms with Gasteiger partial charge >= 0.3 is 114 Å². The molecule has 0 aromatic heterocycles. The third-order valence-electron chi connectivity index (χ3n) is 2.55. The van der Waals surface area contributed by atoms with E-state index in [2.05, 4.69) is 12.1 Å². The van der Waals surface area contributed by atoms with Crippen LogP contribution in [0, 0.1) is 0 Å². The molecule has 2 rings (SSSR count). The van der Waals surface area contributed by atoms with Crippen molar-refractivity contribution in [2.24, 2.45) is 0 Å². The Morgan fingerprint density at radius 3 is 2.65 bits per heavy atom. The zero-order valence-electron chi connectivity index (χ0n) is 10.1. The van der Waals surface area contributed by atoms with Crippen LogP contribution in [0.15, 0.2) is 24.3 Å². The average Bonchev–Trinajstić information content (AvgIpc) is 2.61. The quantitative estimate of drug-likeness (QED) is 0.794. The summed E-state index contributed by atoms with van der Waals surface area (Å²) in [5.74, 6) is -0.388. The van der Waals surface area contributed by atoms with Gasteiger partial charge in [0, 0.05) is 0 Å². The topological polar surface area (TPSA) is 18.5 Å². The Balaban J connectivity index is 1.71. The standard InChI is InChI=1S/C13H17ClO2Se/c1-13(2)15-7-12(16-13)9-17-8-10-3-5-11(14)6-4-10/h3-6,12H,7-9H2,1-2H3. The van der Waals surface area contributed by atoms with Crippen LogP contribution < -0.4 is 0 Å². The first-order valence-electron chi connectivity index (χ1n) is 5.69. The molecule has 0 spiro atoms. The van der Waals surface area contributed by atoms with E-state index in [9.17, 15) is 0 Å². The van der Waals surface area contributed by atoms with Crippen molar-refractivity contribution in [3.8, 4) is 0 Å². The summed E-state index contributed by atoms with van der Waals surface area (Å²) in [6, 6.07) is 8.09. The normalized spacial score (nSPS) is 22.9. The van der Waals surface area contributed by atoms with Gasteiger partial charge in [0.2, 0.25) is 0 Å². The molecule has 1 unspecified atom stereocenters. The molecule has 1 saturated heterocycles. The van der Waals surface area contributed by atoms with E-state index in [1.165, 1.54) is 5.56 Å². The molecule has 17 heavy (non-hydrogen) atoms. The van der Waals surface area contributed by atoms with E-state index < -0.39 is 0 Å². The number of rotatable bonds is 4. The first-order valence-corrected chi connectivity index (χ1v) is 8.49. The summed E-state index contributed by atoms with van der Waals surface area (Å²) in [4.78, 5) is 0. The second kappa shape index (κ2) is 5.73. The van der Waals surface area contributed by atoms with Crippen molar-refractivity contribution in [3.05, 3.63) is 34.9 Å². The first kappa shape index (κ1) is 13.4. The van der Waals surface area contributed by atoms with E-state index in [1.54, 1.807) is 0 Å². The molecule has 0 saturated carbocycles. The number of hydrogen-bond acceptors (Lipinski definition) is 2. The minimum absolute atomic E-state index is 0.275. The predicted octanol–water partition coefficient (Wildman–Crippen LogP) is 3.11. The summed E-state index contributed by atoms with van der Waals surface area (Å²) in [5, 5.41) is 3.04. The summed E-state index contributed by atoms with van der Waals surface area (Å²) in [6.07, 6.45) is 0.275. The molecule has 1 fully saturated rings. The SMILES string of the molecule is CC1(C)OCC(C[Se]Cc2ccc(Cl)cc2)O1. The van der Waals surface area contributed by atoms with Crippen LogP contribution in [0.5, 0.6) is 0 Å². The van der Waals surface area contributed by atoms with Crippen LogP contribution in [-0.4, -0.2) is 33.5 Å². The van der Waals surface area contributed by atoms with Gasteiger partial charge in [0.1, 0.15) is 0 Å². The van der Waals surface area contributed by atoms with Crippen LogP contribution in [0.3, 0.4) is 0 Å². The van der Waals surface area contributed by atoms with Crippen molar-refractivity contribution in [2.75, 3.05) is 6.61 Å². The van der Waals surface area contributed by atoms with E-state index in [1.807, 2.05) is 26.0 Å². The molecule has 0 aliphatic carbocycles. The van der Waals surface area contributed by atoms with Crippen LogP contribution >= 0.6 is 11.6 Å². The summed E-state index contributed by atoms with van der Waals surface area (Å²) in [7, 11) is 0. The molecule has 1 aliphatic heterocycles. The number of halogens is 1. The van der Waals surface area contributed by atoms with Crippen molar-refractivity contribution >= 4 is 26.6 Å². The van der Waals surface area contributed by atoms with E-state index in [-0.39, 0.29) is 11.9 Å². The van der Waals surface area contributed by atoms with Crippen molar-refractivity contribution in [1.29, 1.82) is 0 Å². The molecule has 0 bridgehead atoms. The second-order valence-corrected chi connectivity index (χ2v) is 7.19. The zero-order valence-corrected chi connectivity index (χ0v) is 12.6. The van der Waals surface area contributed by atoms with Crippen molar-refractivity contribution in [2.45, 2.75) is 36.4 Å². The Bertz CT molecular complexity index is 364. The molecule has 0 N–H and O–H groups in total. The third-order valence-corrected chi connectivity index (χ3v) is 5.21. The van der Waals surface area contributed by atoms with E-state index in [0.29, 0.717) is 15.0 Å². The van der Waals surface area contributed by atoms with Gasteiger partial charge in [-0.25, -0.2) is 0 Å². The van der Waals surface area contributed by atoms with Gasteiger partial charge in [0.05, 0.1) is 0 Å². The maximum absolute atomic E-state index is 5.85. The summed E-state index contributed by atoms with van der Waals surface area (Å²) < 4.78 is 11.3. The van der Waals surface area contributed by atoms with E-state index in [0.717, 1.165) is 22.3 Å². The molecule has 1 heterocycles. The molecule has 0 amide bonds. The van der Waals surface area contributed by atoms with Gasteiger partial charge in [-0.15, -0.1) is 0 Å². The first-order chi connectivity index (χ1) is 8.05. The molecule has 1 aliphatic rings. The van der Waals surface area contributed by atoms with Gasteiger partial charge in [-0.3, -0.25) is 0 Å². The summed E-state index contributed by atoms with van der Waals surface area (Å²) in [6.45, 7) is 4.67. The Morgan fingerprint density at radius 2 is 2.06 bits per heavy atom. The van der Waals surface area contributed by atoms with E-state index in [4.69, 9.17) is 21.1 Å². The Hall–Kier alpha value is -0.0505. The number of hydrogen-bond donors (Lipinski definition) is 0. The molecule has 1 aromatic rings. The zero-order chi connectivity index (χ0) is 12.3. The molecule has 2 nitrogen and oxygen atoms in total. The molecule has 94 valence electrons. The van der Waals surface area contributed by atoms with Crippen LogP contribution in [0.25, 0.3) is 0 Å². The van der Waals surface area contributed by atoms with E-state index >= 15 is 0 Å². The monoisotopic (exact) mass is 320 g/mol. The fraction of sp³-hybridized carbons (Fsp3) is 0.538. The van der Waals surface area contributed by atoms with Crippen LogP contribution in [0.2, 0.25) is 10.3 Å². The summed E-state index contributed by atoms with van der Waals surface area (Å²) in [5.41, 5.74) is 1.35. The van der Waals surface area contributed by atoms with Crippen molar-refractivity contribution < 1.29 is 9.47 Å². The Morgan fingerprint density at radius 1 is 1.35 bits per heavy atom. The fourth-order valence-electron chi connectivity index (χ4n) is 1.73. The van der Waals surface area contributed by atoms with Crippen LogP contribution in [0.4, 0.5) is 0 Å². The molecule has 1 atom stereocenters. The molecule has 1 aromatic carbocycles. The van der Waals surface area contributed by atoms with Gasteiger partial charge < -0.3 is 0 Å². The summed E-state index contributed by atoms with van der Waals surface area (Å²) >= 11 is 6.41. The van der Waals surface area contributed by atoms with Gasteiger partial charge in [0.25, 0.3) is 0 Å². The number of benzene rings is 1. The van der Waals surface area contributed by atoms with Crippen LogP contribution in [0.1, 0.15) is 19.4 Å². The molecular weight excluding hydrogens is 303 g/mol. The van der Waals surface area contributed by atoms with Gasteiger partial charge in [0.15, 0.2) is 0 Å². The molecule has 4 heteroatoms. The Kier molecular flexibility index (Phi) is 4.51.